The van der Waals surface area contributed by atoms with E-state index in [1.165, 1.54) is 25.5 Å². The van der Waals surface area contributed by atoms with E-state index in [2.05, 4.69) is 63.8 Å². The largest absolute Gasteiger partial charge is 0.384 e. The summed E-state index contributed by atoms with van der Waals surface area (Å²) in [5.41, 5.74) is 0.305. The molecule has 1 aliphatic heterocycles. The minimum atomic E-state index is -1.55. The first-order valence-electron chi connectivity index (χ1n) is 27.5. The Hall–Kier alpha value is -4.69. The van der Waals surface area contributed by atoms with Gasteiger partial charge in [0, 0.05) is 12.0 Å². The molecule has 1 aromatic heterocycles. The predicted molar refractivity (Wildman–Crippen MR) is 347 cm³/mol. The Morgan fingerprint density at radius 3 is 1.78 bits per heavy atom. The van der Waals surface area contributed by atoms with Crippen LogP contribution in [0.3, 0.4) is 0 Å². The molecule has 0 aromatic carbocycles. The fraction of sp³-hybridized carbons (Fsp3) is 0.679. The van der Waals surface area contributed by atoms with Gasteiger partial charge in [-0.05, 0) is 89.6 Å². The van der Waals surface area contributed by atoms with Crippen LogP contribution in [0.15, 0.2) is 24.1 Å². The number of aliphatic hydroxyl groups excluding tert-OH is 2. The summed E-state index contributed by atoms with van der Waals surface area (Å²) < 4.78 is 3.27. The number of nitrogens with zero attached hydrogens (tertiary/aromatic N) is 2. The molecule has 2 heterocycles. The van der Waals surface area contributed by atoms with Crippen molar-refractivity contribution in [1.29, 1.82) is 0 Å². The Labute approximate surface area is 524 Å². The van der Waals surface area contributed by atoms with Crippen molar-refractivity contribution in [3.63, 3.8) is 0 Å². The fourth-order valence-corrected chi connectivity index (χ4v) is 10.8. The van der Waals surface area contributed by atoms with Gasteiger partial charge in [-0.1, -0.05) is 109 Å². The second-order valence-corrected chi connectivity index (χ2v) is 25.7. The molecule has 14 atom stereocenters. The van der Waals surface area contributed by atoms with Crippen LogP contribution >= 0.6 is 84.6 Å². The van der Waals surface area contributed by atoms with Gasteiger partial charge in [0.05, 0.1) is 69.2 Å². The summed E-state index contributed by atoms with van der Waals surface area (Å²) in [6, 6.07) is -9.77. The molecule has 1 aliphatic rings. The fourth-order valence-electron chi connectivity index (χ4n) is 8.05. The standard InChI is InChI=1S/C53H88N14O9S7/c1-16-27(6)39-48(76)55-28(7)42(70)60-35(21-25(2)3)45(73)65-40(41(69)37-22-66(13)24-67(37)14)47(75)54-18-20-83-23-36(46(74)64-39)61-43(71)29(8)56-49(77)30(9)57-50(78)31(10)58-51(79)32(11)59-52(80)34(17-19-82-15)62-53(81)38(26(4)5)63-44(72)33(12)68/h18,20,22,24-36,38-41,68-69H,16-17,19,21,23H2,1-15H3,(H11-,54,55,56,57,58,59,60,61,62,63,64,65,70,71,72,73,74,75,76,77,78,79,80,81)/p+1/b20-18-/t27?,28?,29?,30?,31?,32?,33?,34-,35-,36?,38-,39-,40?,41?/m0/s1. The minimum Gasteiger partial charge on any atom is -0.384 e. The van der Waals surface area contributed by atoms with Crippen LogP contribution in [0, 0.1) is 17.8 Å². The lowest BCUT2D eigenvalue weighted by molar-refractivity contribution is -0.671. The molecular formula is C53H89N14O9S7+. The highest BCUT2D eigenvalue weighted by molar-refractivity contribution is 8.02. The molecule has 1 aromatic rings. The molecule has 10 unspecified atom stereocenters. The van der Waals surface area contributed by atoms with Gasteiger partial charge in [0.25, 0.3) is 0 Å². The van der Waals surface area contributed by atoms with E-state index in [1.54, 1.807) is 68.3 Å². The average molecular weight is 1290 g/mol. The summed E-state index contributed by atoms with van der Waals surface area (Å²) in [4.78, 5) is 97.8. The Bertz CT molecular complexity index is 2500. The van der Waals surface area contributed by atoms with Gasteiger partial charge >= 0.3 is 0 Å². The molecule has 0 saturated heterocycles. The van der Waals surface area contributed by atoms with Crippen molar-refractivity contribution in [2.75, 3.05) is 17.8 Å². The molecule has 0 radical (unpaired) electrons. The summed E-state index contributed by atoms with van der Waals surface area (Å²) in [5, 5.41) is 57.8. The molecule has 466 valence electrons. The SMILES string of the molecule is CCC(C)[C@@H]1NC(=O)C(NC(=O)C(C)NC(=S)C(C)NC(=S)C(C)NC(=S)C(C)NC(=S)[C@H](CCSC)NC(=S)[C@@H](NC(=O)C(C)O)C(C)C)CS/C=C\NC(=O)C(C(O)c2c[n+](C)cn2C)NC(=O)[C@H](CC(C)C)NC(=O)C(C)NC1=O. The van der Waals surface area contributed by atoms with Gasteiger partial charge in [0.2, 0.25) is 47.7 Å². The van der Waals surface area contributed by atoms with E-state index >= 15 is 0 Å². The highest BCUT2D eigenvalue weighted by Crippen LogP contribution is 2.18. The van der Waals surface area contributed by atoms with Gasteiger partial charge in [-0.2, -0.15) is 11.8 Å². The molecule has 2 rings (SSSR count). The summed E-state index contributed by atoms with van der Waals surface area (Å²) in [7, 11) is 3.40. The van der Waals surface area contributed by atoms with E-state index in [0.29, 0.717) is 38.5 Å². The van der Waals surface area contributed by atoms with E-state index < -0.39 is 120 Å². The second kappa shape index (κ2) is 36.3. The van der Waals surface area contributed by atoms with Crippen LogP contribution < -0.4 is 68.4 Å². The van der Waals surface area contributed by atoms with Gasteiger partial charge in [0.15, 0.2) is 5.69 Å². The van der Waals surface area contributed by atoms with Crippen molar-refractivity contribution in [3.05, 3.63) is 29.8 Å². The summed E-state index contributed by atoms with van der Waals surface area (Å²) in [6.07, 6.45) is 4.99. The lowest BCUT2D eigenvalue weighted by atomic mass is 9.97. The highest BCUT2D eigenvalue weighted by atomic mass is 32.2. The van der Waals surface area contributed by atoms with Crippen LogP contribution in [0.4, 0.5) is 0 Å². The predicted octanol–water partition coefficient (Wildman–Crippen LogP) is 0.536. The van der Waals surface area contributed by atoms with Crippen molar-refractivity contribution >= 4 is 151 Å². The monoisotopic (exact) mass is 1290 g/mol. The van der Waals surface area contributed by atoms with E-state index in [1.807, 2.05) is 54.7 Å². The molecule has 23 nitrogen and oxygen atoms in total. The topological polar surface area (TPSA) is 313 Å². The van der Waals surface area contributed by atoms with Crippen molar-refractivity contribution in [3.8, 4) is 0 Å². The van der Waals surface area contributed by atoms with E-state index in [9.17, 15) is 43.8 Å². The number of carbonyl (C=O) groups is 7. The van der Waals surface area contributed by atoms with Gasteiger partial charge in [-0.25, -0.2) is 9.13 Å². The number of rotatable bonds is 24. The number of aromatic nitrogens is 2. The lowest BCUT2D eigenvalue weighted by Crippen LogP contribution is -2.61. The Kier molecular flexibility index (Phi) is 32.6. The summed E-state index contributed by atoms with van der Waals surface area (Å²) >= 11 is 31.5. The van der Waals surface area contributed by atoms with Crippen LogP contribution in [0.25, 0.3) is 0 Å². The number of aryl methyl sites for hydroxylation is 2. The number of hydrogen-bond acceptors (Lipinski definition) is 16. The number of thiocarbonyl (C=S) groups is 5. The van der Waals surface area contributed by atoms with Crippen LogP contribution in [-0.2, 0) is 47.7 Å². The summed E-state index contributed by atoms with van der Waals surface area (Å²) in [5.74, 6) is -4.74. The Morgan fingerprint density at radius 2 is 1.28 bits per heavy atom. The van der Waals surface area contributed by atoms with Gasteiger partial charge in [-0.3, -0.25) is 33.6 Å². The molecule has 0 bridgehead atoms. The summed E-state index contributed by atoms with van der Waals surface area (Å²) in [6.45, 7) is 20.9. The van der Waals surface area contributed by atoms with E-state index in [4.69, 9.17) is 61.1 Å². The Morgan fingerprint density at radius 1 is 0.723 bits per heavy atom. The maximum Gasteiger partial charge on any atom is 0.249 e. The van der Waals surface area contributed by atoms with Gasteiger partial charge < -0.3 is 74.0 Å². The number of nitrogens with one attached hydrogen (secondary N) is 12. The van der Waals surface area contributed by atoms with E-state index in [-0.39, 0.29) is 35.0 Å². The molecule has 7 amide bonds. The number of thioether (sulfide) groups is 2. The molecule has 83 heavy (non-hydrogen) atoms. The zero-order valence-electron chi connectivity index (χ0n) is 50.1. The molecule has 0 aliphatic carbocycles. The third-order valence-corrected chi connectivity index (χ3v) is 17.0. The number of hydrogen-bond donors (Lipinski definition) is 14. The van der Waals surface area contributed by atoms with Gasteiger partial charge in [-0.15, -0.1) is 11.8 Å². The van der Waals surface area contributed by atoms with Crippen molar-refractivity contribution in [1.82, 2.24) is 68.4 Å². The zero-order valence-corrected chi connectivity index (χ0v) is 55.8. The second-order valence-electron chi connectivity index (χ2n) is 21.5. The molecular weight excluding hydrogens is 1200 g/mol. The molecule has 30 heteroatoms. The quantitative estimate of drug-likeness (QED) is 0.0496. The molecule has 0 saturated carbocycles. The first-order valence-corrected chi connectivity index (χ1v) is 32.0. The van der Waals surface area contributed by atoms with Gasteiger partial charge in [0.1, 0.15) is 54.7 Å². The van der Waals surface area contributed by atoms with Crippen LogP contribution in [0.2, 0.25) is 0 Å². The molecule has 0 fully saturated rings. The molecule has 0 spiro atoms. The van der Waals surface area contributed by atoms with Crippen LogP contribution in [-0.4, -0.2) is 171 Å². The first kappa shape index (κ1) is 74.4. The number of carbonyl (C=O) groups excluding carboxylic acids is 7. The van der Waals surface area contributed by atoms with Crippen molar-refractivity contribution < 1.29 is 48.3 Å². The number of amides is 7. The smallest absolute Gasteiger partial charge is 0.249 e. The average Bonchev–Trinajstić information content (AvgIpc) is 3.78. The third-order valence-electron chi connectivity index (χ3n) is 13.3. The number of imidazole rings is 1. The highest BCUT2D eigenvalue weighted by Gasteiger charge is 2.38. The Balaban J connectivity index is 2.27. The first-order chi connectivity index (χ1) is 38.7. The lowest BCUT2D eigenvalue weighted by Gasteiger charge is -2.30. The normalized spacial score (nSPS) is 22.2. The van der Waals surface area contributed by atoms with Crippen LogP contribution in [0.5, 0.6) is 0 Å². The maximum absolute atomic E-state index is 14.2. The number of aliphatic hydroxyl groups is 2. The zero-order chi connectivity index (χ0) is 63.2. The van der Waals surface area contributed by atoms with Crippen molar-refractivity contribution in [2.45, 2.75) is 181 Å². The minimum absolute atomic E-state index is 0.0735. The van der Waals surface area contributed by atoms with E-state index in [0.717, 1.165) is 17.5 Å². The molecule has 14 N–H and O–H groups in total. The maximum atomic E-state index is 14.2. The van der Waals surface area contributed by atoms with Crippen molar-refractivity contribution in [2.24, 2.45) is 31.8 Å². The van der Waals surface area contributed by atoms with Crippen LogP contribution in [0.1, 0.15) is 114 Å². The third kappa shape index (κ3) is 24.7.